The summed E-state index contributed by atoms with van der Waals surface area (Å²) in [5, 5.41) is 0. The van der Waals surface area contributed by atoms with E-state index in [-0.39, 0.29) is 11.6 Å². The molecule has 0 N–H and O–H groups in total. The number of carbonyl (C=O) groups is 1. The smallest absolute Gasteiger partial charge is 0.293 e. The number of carbonyl (C=O) groups excluding carboxylic acids is 1. The molecule has 0 spiro atoms. The van der Waals surface area contributed by atoms with Crippen LogP contribution < -0.4 is 4.74 Å². The maximum absolute atomic E-state index is 13.7. The number of aryl methyl sites for hydroxylation is 2. The van der Waals surface area contributed by atoms with E-state index in [2.05, 4.69) is 23.8 Å². The van der Waals surface area contributed by atoms with Gasteiger partial charge in [0.2, 0.25) is 0 Å². The van der Waals surface area contributed by atoms with Crippen LogP contribution in [0.4, 0.5) is 4.39 Å². The number of hydrogen-bond donors (Lipinski definition) is 0. The Morgan fingerprint density at radius 1 is 1.04 bits per heavy atom. The highest BCUT2D eigenvalue weighted by molar-refractivity contribution is 5.36. The van der Waals surface area contributed by atoms with Crippen LogP contribution in [0.2, 0.25) is 0 Å². The molecule has 0 saturated heterocycles. The summed E-state index contributed by atoms with van der Waals surface area (Å²) in [6, 6.07) is 12.9. The number of rotatable bonds is 8. The van der Waals surface area contributed by atoms with E-state index in [9.17, 15) is 9.18 Å². The number of hydrogen-bond acceptors (Lipinski definition) is 3. The molecule has 0 unspecified atom stereocenters. The van der Waals surface area contributed by atoms with E-state index in [0.717, 1.165) is 12.0 Å². The van der Waals surface area contributed by atoms with Crippen molar-refractivity contribution in [3.63, 3.8) is 0 Å². The molecule has 0 atom stereocenters. The molecule has 2 aromatic rings. The molecule has 2 aromatic carbocycles. The second kappa shape index (κ2) is 12.1. The van der Waals surface area contributed by atoms with Gasteiger partial charge in [-0.25, -0.2) is 4.39 Å². The second-order valence-electron chi connectivity index (χ2n) is 5.69. The molecule has 0 aliphatic heterocycles. The zero-order valence-electron chi connectivity index (χ0n) is 15.3. The third kappa shape index (κ3) is 8.34. The van der Waals surface area contributed by atoms with Gasteiger partial charge in [0.05, 0.1) is 6.61 Å². The molecule has 0 aromatic heterocycles. The second-order valence-corrected chi connectivity index (χ2v) is 5.69. The predicted octanol–water partition coefficient (Wildman–Crippen LogP) is 5.84. The SMILES string of the molecule is CCCCCc1ccc(Oc2ccc(C)cc2F)cc1.CCOC=O. The van der Waals surface area contributed by atoms with Crippen molar-refractivity contribution in [3.05, 3.63) is 59.4 Å². The number of unbranched alkanes of at least 4 members (excludes halogenated alkanes) is 2. The van der Waals surface area contributed by atoms with Crippen LogP contribution in [-0.2, 0) is 16.0 Å². The summed E-state index contributed by atoms with van der Waals surface area (Å²) in [4.78, 5) is 9.18. The molecule has 0 amide bonds. The molecule has 0 saturated carbocycles. The first kappa shape index (κ1) is 20.7. The molecule has 3 nitrogen and oxygen atoms in total. The monoisotopic (exact) mass is 346 g/mol. The maximum Gasteiger partial charge on any atom is 0.293 e. The number of ether oxygens (including phenoxy) is 2. The van der Waals surface area contributed by atoms with Crippen LogP contribution in [0, 0.1) is 12.7 Å². The van der Waals surface area contributed by atoms with Gasteiger partial charge in [0.25, 0.3) is 6.47 Å². The summed E-state index contributed by atoms with van der Waals surface area (Å²) in [6.45, 7) is 6.73. The van der Waals surface area contributed by atoms with E-state index in [0.29, 0.717) is 18.8 Å². The summed E-state index contributed by atoms with van der Waals surface area (Å²) < 4.78 is 23.4. The van der Waals surface area contributed by atoms with Gasteiger partial charge in [-0.3, -0.25) is 4.79 Å². The summed E-state index contributed by atoms with van der Waals surface area (Å²) in [7, 11) is 0. The molecule has 0 fully saturated rings. The van der Waals surface area contributed by atoms with Crippen LogP contribution in [-0.4, -0.2) is 13.1 Å². The quantitative estimate of drug-likeness (QED) is 0.445. The van der Waals surface area contributed by atoms with Gasteiger partial charge in [-0.05, 0) is 62.1 Å². The van der Waals surface area contributed by atoms with Gasteiger partial charge >= 0.3 is 0 Å². The van der Waals surface area contributed by atoms with Crippen LogP contribution in [0.3, 0.4) is 0 Å². The van der Waals surface area contributed by atoms with Crippen LogP contribution in [0.25, 0.3) is 0 Å². The van der Waals surface area contributed by atoms with E-state index in [4.69, 9.17) is 4.74 Å². The van der Waals surface area contributed by atoms with Crippen LogP contribution in [0.1, 0.15) is 44.2 Å². The fourth-order valence-corrected chi connectivity index (χ4v) is 2.19. The van der Waals surface area contributed by atoms with Gasteiger partial charge in [-0.1, -0.05) is 38.0 Å². The molecule has 4 heteroatoms. The normalized spacial score (nSPS) is 9.76. The first-order valence-corrected chi connectivity index (χ1v) is 8.68. The minimum absolute atomic E-state index is 0.273. The molecule has 0 aliphatic rings. The Hall–Kier alpha value is -2.36. The van der Waals surface area contributed by atoms with Crippen LogP contribution in [0.5, 0.6) is 11.5 Å². The van der Waals surface area contributed by atoms with Crippen molar-refractivity contribution in [2.45, 2.75) is 46.5 Å². The Bertz CT molecular complexity index is 624. The molecule has 2 rings (SSSR count). The minimum Gasteiger partial charge on any atom is -0.468 e. The number of benzene rings is 2. The lowest BCUT2D eigenvalue weighted by Gasteiger charge is -2.08. The van der Waals surface area contributed by atoms with Crippen molar-refractivity contribution >= 4 is 6.47 Å². The Balaban J connectivity index is 0.000000550. The van der Waals surface area contributed by atoms with Gasteiger partial charge in [0, 0.05) is 0 Å². The predicted molar refractivity (Wildman–Crippen MR) is 98.6 cm³/mol. The Morgan fingerprint density at radius 2 is 1.76 bits per heavy atom. The van der Waals surface area contributed by atoms with Gasteiger partial charge < -0.3 is 9.47 Å². The average Bonchev–Trinajstić information content (AvgIpc) is 2.60. The van der Waals surface area contributed by atoms with Crippen LogP contribution in [0.15, 0.2) is 42.5 Å². The Kier molecular flexibility index (Phi) is 9.98. The fraction of sp³-hybridized carbons (Fsp3) is 0.381. The number of halogens is 1. The van der Waals surface area contributed by atoms with Crippen molar-refractivity contribution in [1.29, 1.82) is 0 Å². The summed E-state index contributed by atoms with van der Waals surface area (Å²) in [5.41, 5.74) is 2.19. The van der Waals surface area contributed by atoms with Gasteiger partial charge in [0.15, 0.2) is 11.6 Å². The van der Waals surface area contributed by atoms with Crippen LogP contribution >= 0.6 is 0 Å². The van der Waals surface area contributed by atoms with Gasteiger partial charge in [-0.15, -0.1) is 0 Å². The molecular weight excluding hydrogens is 319 g/mol. The molecule has 0 heterocycles. The summed E-state index contributed by atoms with van der Waals surface area (Å²) in [6.07, 6.45) is 4.79. The fourth-order valence-electron chi connectivity index (χ4n) is 2.19. The highest BCUT2D eigenvalue weighted by Crippen LogP contribution is 2.25. The average molecular weight is 346 g/mol. The van der Waals surface area contributed by atoms with Crippen molar-refractivity contribution in [2.75, 3.05) is 6.61 Å². The van der Waals surface area contributed by atoms with E-state index < -0.39 is 0 Å². The molecule has 0 aliphatic carbocycles. The lowest BCUT2D eigenvalue weighted by atomic mass is 10.1. The third-order valence-electron chi connectivity index (χ3n) is 3.54. The van der Waals surface area contributed by atoms with Gasteiger partial charge in [-0.2, -0.15) is 0 Å². The first-order chi connectivity index (χ1) is 12.1. The standard InChI is InChI=1S/C18H21FO.C3H6O2/c1-3-4-5-6-15-8-10-16(11-9-15)20-18-12-7-14(2)13-17(18)19;1-2-5-3-4/h7-13H,3-6H2,1-2H3;3H,2H2,1H3. The van der Waals surface area contributed by atoms with Crippen molar-refractivity contribution in [2.24, 2.45) is 0 Å². The summed E-state index contributed by atoms with van der Waals surface area (Å²) in [5.74, 6) is 0.623. The lowest BCUT2D eigenvalue weighted by molar-refractivity contribution is -0.128. The van der Waals surface area contributed by atoms with E-state index >= 15 is 0 Å². The minimum atomic E-state index is -0.322. The van der Waals surface area contributed by atoms with E-state index in [1.807, 2.05) is 25.1 Å². The Labute approximate surface area is 149 Å². The zero-order valence-corrected chi connectivity index (χ0v) is 15.3. The third-order valence-corrected chi connectivity index (χ3v) is 3.54. The highest BCUT2D eigenvalue weighted by Gasteiger charge is 2.04. The van der Waals surface area contributed by atoms with Crippen molar-refractivity contribution in [3.8, 4) is 11.5 Å². The maximum atomic E-state index is 13.7. The van der Waals surface area contributed by atoms with E-state index in [1.54, 1.807) is 13.0 Å². The highest BCUT2D eigenvalue weighted by atomic mass is 19.1. The zero-order chi connectivity index (χ0) is 18.5. The topological polar surface area (TPSA) is 35.5 Å². The first-order valence-electron chi connectivity index (χ1n) is 8.68. The molecule has 25 heavy (non-hydrogen) atoms. The van der Waals surface area contributed by atoms with Crippen molar-refractivity contribution in [1.82, 2.24) is 0 Å². The molecule has 0 radical (unpaired) electrons. The molecular formula is C21H27FO3. The van der Waals surface area contributed by atoms with E-state index in [1.165, 1.54) is 30.9 Å². The largest absolute Gasteiger partial charge is 0.468 e. The van der Waals surface area contributed by atoms with Gasteiger partial charge in [0.1, 0.15) is 5.75 Å². The lowest BCUT2D eigenvalue weighted by Crippen LogP contribution is -1.90. The molecule has 136 valence electrons. The van der Waals surface area contributed by atoms with Crippen molar-refractivity contribution < 1.29 is 18.7 Å². The summed E-state index contributed by atoms with van der Waals surface area (Å²) >= 11 is 0. The molecule has 0 bridgehead atoms. The Morgan fingerprint density at radius 3 is 2.28 bits per heavy atom.